The zero-order chi connectivity index (χ0) is 21.5. The predicted molar refractivity (Wildman–Crippen MR) is 111 cm³/mol. The number of rotatable bonds is 8. The topological polar surface area (TPSA) is 112 Å². The molecule has 0 fully saturated rings. The van der Waals surface area contributed by atoms with Crippen molar-refractivity contribution in [2.75, 3.05) is 20.0 Å². The molecule has 9 nitrogen and oxygen atoms in total. The second kappa shape index (κ2) is 9.79. The number of amides is 1. The number of hydrogen-bond acceptors (Lipinski definition) is 9. The molecule has 0 saturated carbocycles. The highest BCUT2D eigenvalue weighted by Crippen LogP contribution is 2.38. The van der Waals surface area contributed by atoms with E-state index in [1.165, 1.54) is 39.1 Å². The Bertz CT molecular complexity index is 1040. The highest BCUT2D eigenvalue weighted by molar-refractivity contribution is 7.99. The number of carbonyl (C=O) groups is 2. The number of nitrogens with one attached hydrogen (secondary N) is 1. The molecule has 0 bridgehead atoms. The molecule has 1 aromatic heterocycles. The summed E-state index contributed by atoms with van der Waals surface area (Å²) in [6.07, 6.45) is 1.42. The van der Waals surface area contributed by atoms with Crippen LogP contribution in [0.3, 0.4) is 0 Å². The fraction of sp³-hybridized carbons (Fsp3) is 0.200. The Balaban J connectivity index is 1.61. The summed E-state index contributed by atoms with van der Waals surface area (Å²) in [5.74, 6) is 0.0177. The van der Waals surface area contributed by atoms with Crippen LogP contribution in [0.15, 0.2) is 51.1 Å². The number of thioether (sulfide) groups is 1. The van der Waals surface area contributed by atoms with Gasteiger partial charge in [-0.2, -0.15) is 5.10 Å². The van der Waals surface area contributed by atoms with Gasteiger partial charge in [-0.1, -0.05) is 23.9 Å². The standard InChI is InChI=1S/C20H19N3O6S/c1-12(24)28-19-16(26-2)8-13(9-17(19)27-3)10-21-23-18(25)11-30-20-22-14-6-4-5-7-15(14)29-20/h4-10H,11H2,1-3H3,(H,23,25)/b21-10-. The molecule has 2 aromatic carbocycles. The third kappa shape index (κ3) is 5.29. The smallest absolute Gasteiger partial charge is 0.308 e. The van der Waals surface area contributed by atoms with E-state index in [1.54, 1.807) is 12.1 Å². The maximum absolute atomic E-state index is 12.0. The molecule has 0 atom stereocenters. The third-order valence-electron chi connectivity index (χ3n) is 3.73. The number of ether oxygens (including phenoxy) is 3. The fourth-order valence-corrected chi connectivity index (χ4v) is 3.10. The van der Waals surface area contributed by atoms with Gasteiger partial charge in [0.1, 0.15) is 5.52 Å². The van der Waals surface area contributed by atoms with Gasteiger partial charge in [0.15, 0.2) is 17.1 Å². The minimum Gasteiger partial charge on any atom is -0.493 e. The summed E-state index contributed by atoms with van der Waals surface area (Å²) in [6.45, 7) is 1.28. The van der Waals surface area contributed by atoms with Gasteiger partial charge in [0.25, 0.3) is 11.1 Å². The zero-order valence-corrected chi connectivity index (χ0v) is 17.3. The van der Waals surface area contributed by atoms with Crippen molar-refractivity contribution < 1.29 is 28.2 Å². The van der Waals surface area contributed by atoms with Gasteiger partial charge in [-0.3, -0.25) is 9.59 Å². The number of hydrogen-bond donors (Lipinski definition) is 1. The first-order valence-electron chi connectivity index (χ1n) is 8.75. The summed E-state index contributed by atoms with van der Waals surface area (Å²) in [4.78, 5) is 27.6. The van der Waals surface area contributed by atoms with E-state index in [2.05, 4.69) is 15.5 Å². The Hall–Kier alpha value is -3.53. The van der Waals surface area contributed by atoms with Crippen LogP contribution in [0.4, 0.5) is 0 Å². The third-order valence-corrected chi connectivity index (χ3v) is 4.56. The van der Waals surface area contributed by atoms with Crippen molar-refractivity contribution in [2.24, 2.45) is 5.10 Å². The first-order chi connectivity index (χ1) is 14.5. The summed E-state index contributed by atoms with van der Waals surface area (Å²) < 4.78 is 21.2. The van der Waals surface area contributed by atoms with E-state index in [0.29, 0.717) is 27.9 Å². The van der Waals surface area contributed by atoms with Gasteiger partial charge < -0.3 is 18.6 Å². The van der Waals surface area contributed by atoms with Crippen molar-refractivity contribution in [1.29, 1.82) is 0 Å². The number of fused-ring (bicyclic) bond motifs is 1. The van der Waals surface area contributed by atoms with Gasteiger partial charge in [-0.15, -0.1) is 0 Å². The van der Waals surface area contributed by atoms with E-state index in [1.807, 2.05) is 24.3 Å². The lowest BCUT2D eigenvalue weighted by atomic mass is 10.2. The minimum absolute atomic E-state index is 0.0855. The summed E-state index contributed by atoms with van der Waals surface area (Å²) in [5, 5.41) is 4.34. The molecule has 0 aliphatic heterocycles. The Morgan fingerprint density at radius 2 is 1.90 bits per heavy atom. The van der Waals surface area contributed by atoms with Crippen LogP contribution in [0.1, 0.15) is 12.5 Å². The number of carbonyl (C=O) groups excluding carboxylic acids is 2. The molecular weight excluding hydrogens is 410 g/mol. The average molecular weight is 429 g/mol. The van der Waals surface area contributed by atoms with E-state index in [-0.39, 0.29) is 17.4 Å². The quantitative estimate of drug-likeness (QED) is 0.191. The molecule has 1 heterocycles. The highest BCUT2D eigenvalue weighted by atomic mass is 32.2. The van der Waals surface area contributed by atoms with Crippen molar-refractivity contribution in [3.63, 3.8) is 0 Å². The van der Waals surface area contributed by atoms with Crippen LogP contribution in [0.5, 0.6) is 17.2 Å². The molecule has 0 saturated heterocycles. The maximum atomic E-state index is 12.0. The number of benzene rings is 2. The normalized spacial score (nSPS) is 10.9. The van der Waals surface area contributed by atoms with Crippen LogP contribution >= 0.6 is 11.8 Å². The van der Waals surface area contributed by atoms with Crippen LogP contribution < -0.4 is 19.6 Å². The number of hydrazone groups is 1. The summed E-state index contributed by atoms with van der Waals surface area (Å²) in [6, 6.07) is 10.6. The lowest BCUT2D eigenvalue weighted by Crippen LogP contribution is -2.19. The molecule has 0 unspecified atom stereocenters. The summed E-state index contributed by atoms with van der Waals surface area (Å²) in [7, 11) is 2.88. The van der Waals surface area contributed by atoms with E-state index in [4.69, 9.17) is 18.6 Å². The molecule has 0 aliphatic rings. The maximum Gasteiger partial charge on any atom is 0.308 e. The Kier molecular flexibility index (Phi) is 6.91. The highest BCUT2D eigenvalue weighted by Gasteiger charge is 2.15. The van der Waals surface area contributed by atoms with Gasteiger partial charge in [0.05, 0.1) is 26.2 Å². The first-order valence-corrected chi connectivity index (χ1v) is 9.73. The van der Waals surface area contributed by atoms with Crippen LogP contribution in [0, 0.1) is 0 Å². The monoisotopic (exact) mass is 429 g/mol. The summed E-state index contributed by atoms with van der Waals surface area (Å²) >= 11 is 1.17. The number of esters is 1. The van der Waals surface area contributed by atoms with E-state index >= 15 is 0 Å². The van der Waals surface area contributed by atoms with Crippen molar-refractivity contribution >= 4 is 41.0 Å². The second-order valence-corrected chi connectivity index (χ2v) is 6.80. The van der Waals surface area contributed by atoms with Crippen molar-refractivity contribution in [1.82, 2.24) is 10.4 Å². The van der Waals surface area contributed by atoms with Gasteiger partial charge in [-0.05, 0) is 24.3 Å². The molecular formula is C20H19N3O6S. The molecule has 0 spiro atoms. The fourth-order valence-electron chi connectivity index (χ4n) is 2.47. The lowest BCUT2D eigenvalue weighted by molar-refractivity contribution is -0.132. The van der Waals surface area contributed by atoms with Gasteiger partial charge >= 0.3 is 5.97 Å². The van der Waals surface area contributed by atoms with Gasteiger partial charge in [-0.25, -0.2) is 10.4 Å². The van der Waals surface area contributed by atoms with Gasteiger partial charge in [0, 0.05) is 12.5 Å². The van der Waals surface area contributed by atoms with Crippen LogP contribution in [0.25, 0.3) is 11.1 Å². The molecule has 3 aromatic rings. The molecule has 10 heteroatoms. The van der Waals surface area contributed by atoms with Crippen molar-refractivity contribution in [2.45, 2.75) is 12.1 Å². The molecule has 1 N–H and O–H groups in total. The molecule has 1 amide bonds. The van der Waals surface area contributed by atoms with Crippen molar-refractivity contribution in [3.05, 3.63) is 42.0 Å². The average Bonchev–Trinajstić information content (AvgIpc) is 3.15. The molecule has 0 radical (unpaired) electrons. The number of oxazole rings is 1. The zero-order valence-electron chi connectivity index (χ0n) is 16.5. The lowest BCUT2D eigenvalue weighted by Gasteiger charge is -2.13. The number of para-hydroxylation sites is 2. The molecule has 3 rings (SSSR count). The number of nitrogens with zero attached hydrogens (tertiary/aromatic N) is 2. The van der Waals surface area contributed by atoms with Crippen LogP contribution in [0.2, 0.25) is 0 Å². The van der Waals surface area contributed by atoms with E-state index in [0.717, 1.165) is 5.52 Å². The van der Waals surface area contributed by atoms with Crippen molar-refractivity contribution in [3.8, 4) is 17.2 Å². The summed E-state index contributed by atoms with van der Waals surface area (Å²) in [5.41, 5.74) is 4.41. The Labute approximate surface area is 176 Å². The minimum atomic E-state index is -0.503. The largest absolute Gasteiger partial charge is 0.493 e. The van der Waals surface area contributed by atoms with Crippen LogP contribution in [-0.4, -0.2) is 43.0 Å². The van der Waals surface area contributed by atoms with E-state index in [9.17, 15) is 9.59 Å². The Morgan fingerprint density at radius 1 is 1.20 bits per heavy atom. The molecule has 156 valence electrons. The second-order valence-electron chi connectivity index (χ2n) is 5.88. The molecule has 0 aliphatic carbocycles. The number of methoxy groups -OCH3 is 2. The van der Waals surface area contributed by atoms with E-state index < -0.39 is 5.97 Å². The van der Waals surface area contributed by atoms with Gasteiger partial charge in [0.2, 0.25) is 5.75 Å². The Morgan fingerprint density at radius 3 is 2.53 bits per heavy atom. The molecule has 30 heavy (non-hydrogen) atoms. The predicted octanol–water partition coefficient (Wildman–Crippen LogP) is 3.01. The first kappa shape index (κ1) is 21.2. The van der Waals surface area contributed by atoms with Crippen LogP contribution in [-0.2, 0) is 9.59 Å². The number of aromatic nitrogens is 1. The SMILES string of the molecule is COc1cc(/C=N\NC(=O)CSc2nc3ccccc3o2)cc(OC)c1OC(C)=O.